The number of nitrogens with zero attached hydrogens (tertiary/aromatic N) is 4. The van der Waals surface area contributed by atoms with Crippen LogP contribution in [0.5, 0.6) is 0 Å². The normalized spacial score (nSPS) is 18.7. The Labute approximate surface area is 155 Å². The lowest BCUT2D eigenvalue weighted by molar-refractivity contribution is -0.121. The molecule has 7 nitrogen and oxygen atoms in total. The largest absolute Gasteiger partial charge is 0.443 e. The van der Waals surface area contributed by atoms with Crippen LogP contribution in [-0.2, 0) is 15.1 Å². The Morgan fingerprint density at radius 2 is 1.81 bits per heavy atom. The van der Waals surface area contributed by atoms with Crippen molar-refractivity contribution in [3.8, 4) is 0 Å². The van der Waals surface area contributed by atoms with Crippen LogP contribution < -0.4 is 4.90 Å². The summed E-state index contributed by atoms with van der Waals surface area (Å²) in [7, 11) is 0. The van der Waals surface area contributed by atoms with E-state index in [0.717, 1.165) is 17.0 Å². The van der Waals surface area contributed by atoms with Gasteiger partial charge in [0.1, 0.15) is 11.4 Å². The third-order valence-corrected chi connectivity index (χ3v) is 4.08. The summed E-state index contributed by atoms with van der Waals surface area (Å²) < 4.78 is 18.7. The van der Waals surface area contributed by atoms with Gasteiger partial charge in [0.2, 0.25) is 0 Å². The molecule has 2 amide bonds. The lowest BCUT2D eigenvalue weighted by atomic mass is 9.85. The maximum atomic E-state index is 13.4. The Morgan fingerprint density at radius 3 is 2.41 bits per heavy atom. The van der Waals surface area contributed by atoms with Gasteiger partial charge >= 0.3 is 6.09 Å². The summed E-state index contributed by atoms with van der Waals surface area (Å²) in [5.74, 6) is -1.28. The summed E-state index contributed by atoms with van der Waals surface area (Å²) in [6.07, 6.45) is -0.878. The van der Waals surface area contributed by atoms with Crippen molar-refractivity contribution in [1.82, 2.24) is 0 Å². The SMILES string of the molecule is CC(C)(C)OC(=O)N1C(=O)[C@](N=[N+]=[N-])(c2ccc(F)cc2)c2ccccc21. The van der Waals surface area contributed by atoms with Crippen molar-refractivity contribution in [3.63, 3.8) is 0 Å². The summed E-state index contributed by atoms with van der Waals surface area (Å²) in [5, 5.41) is 3.77. The summed E-state index contributed by atoms with van der Waals surface area (Å²) in [5.41, 5.74) is 7.35. The number of azide groups is 1. The van der Waals surface area contributed by atoms with Crippen LogP contribution in [0.15, 0.2) is 53.6 Å². The molecule has 1 atom stereocenters. The number of hydrogen-bond acceptors (Lipinski definition) is 4. The zero-order valence-electron chi connectivity index (χ0n) is 15.0. The minimum Gasteiger partial charge on any atom is -0.443 e. The van der Waals surface area contributed by atoms with Crippen molar-refractivity contribution in [2.75, 3.05) is 4.90 Å². The molecule has 2 aromatic rings. The first kappa shape index (κ1) is 18.4. The topological polar surface area (TPSA) is 95.4 Å². The van der Waals surface area contributed by atoms with Crippen LogP contribution >= 0.6 is 0 Å². The van der Waals surface area contributed by atoms with Gasteiger partial charge in [-0.1, -0.05) is 35.4 Å². The van der Waals surface area contributed by atoms with Crippen LogP contribution in [0.3, 0.4) is 0 Å². The highest BCUT2D eigenvalue weighted by Crippen LogP contribution is 2.47. The quantitative estimate of drug-likeness (QED) is 0.438. The van der Waals surface area contributed by atoms with Crippen molar-refractivity contribution in [3.05, 3.63) is 75.9 Å². The lowest BCUT2D eigenvalue weighted by Crippen LogP contribution is -2.45. The molecular weight excluding hydrogens is 351 g/mol. The monoisotopic (exact) mass is 368 g/mol. The molecule has 0 spiro atoms. The van der Waals surface area contributed by atoms with Crippen molar-refractivity contribution in [2.45, 2.75) is 31.9 Å². The van der Waals surface area contributed by atoms with Crippen LogP contribution in [-0.4, -0.2) is 17.6 Å². The van der Waals surface area contributed by atoms with Crippen molar-refractivity contribution >= 4 is 17.7 Å². The molecule has 0 saturated heterocycles. The van der Waals surface area contributed by atoms with E-state index < -0.39 is 29.0 Å². The number of halogens is 1. The molecule has 0 aliphatic carbocycles. The van der Waals surface area contributed by atoms with Gasteiger partial charge in [-0.2, -0.15) is 0 Å². The Hall–Kier alpha value is -3.38. The van der Waals surface area contributed by atoms with Crippen LogP contribution in [0.1, 0.15) is 31.9 Å². The number of fused-ring (bicyclic) bond motifs is 1. The maximum absolute atomic E-state index is 13.4. The number of amides is 2. The standard InChI is InChI=1S/C19H17FN4O3/c1-18(2,3)27-17(26)24-15-7-5-4-6-14(15)19(16(24)25,22-23-21)12-8-10-13(20)11-9-12/h4-11H,1-3H3/t19-/m0/s1. The molecule has 138 valence electrons. The molecule has 0 aromatic heterocycles. The third kappa shape index (κ3) is 3.00. The number of ether oxygens (including phenoxy) is 1. The molecule has 0 unspecified atom stereocenters. The number of para-hydroxylation sites is 1. The second-order valence-corrected chi connectivity index (χ2v) is 7.04. The summed E-state index contributed by atoms with van der Waals surface area (Å²) >= 11 is 0. The second-order valence-electron chi connectivity index (χ2n) is 7.04. The molecule has 0 saturated carbocycles. The molecule has 1 heterocycles. The van der Waals surface area contributed by atoms with Gasteiger partial charge in [0.15, 0.2) is 5.54 Å². The third-order valence-electron chi connectivity index (χ3n) is 4.08. The molecule has 2 aromatic carbocycles. The van der Waals surface area contributed by atoms with Gasteiger partial charge in [-0.05, 0) is 50.1 Å². The fraction of sp³-hybridized carbons (Fsp3) is 0.263. The van der Waals surface area contributed by atoms with Crippen molar-refractivity contribution in [1.29, 1.82) is 0 Å². The molecule has 27 heavy (non-hydrogen) atoms. The Bertz CT molecular complexity index is 962. The molecule has 1 aliphatic heterocycles. The number of hydrogen-bond donors (Lipinski definition) is 0. The van der Waals surface area contributed by atoms with Gasteiger partial charge in [-0.15, -0.1) is 0 Å². The first-order valence-corrected chi connectivity index (χ1v) is 8.20. The van der Waals surface area contributed by atoms with Gasteiger partial charge in [0.05, 0.1) is 5.69 Å². The highest BCUT2D eigenvalue weighted by Gasteiger charge is 2.54. The highest BCUT2D eigenvalue weighted by atomic mass is 19.1. The van der Waals surface area contributed by atoms with E-state index in [9.17, 15) is 14.0 Å². The van der Waals surface area contributed by atoms with Gasteiger partial charge in [-0.3, -0.25) is 4.79 Å². The Morgan fingerprint density at radius 1 is 1.19 bits per heavy atom. The Kier molecular flexibility index (Phi) is 4.37. The van der Waals surface area contributed by atoms with Gasteiger partial charge in [0.25, 0.3) is 5.91 Å². The van der Waals surface area contributed by atoms with E-state index in [0.29, 0.717) is 5.56 Å². The van der Waals surface area contributed by atoms with E-state index in [4.69, 9.17) is 10.3 Å². The average Bonchev–Trinajstić information content (AvgIpc) is 2.84. The zero-order chi connectivity index (χ0) is 19.8. The predicted octanol–water partition coefficient (Wildman–Crippen LogP) is 4.66. The number of rotatable bonds is 2. The number of imide groups is 1. The summed E-state index contributed by atoms with van der Waals surface area (Å²) in [4.78, 5) is 29.8. The van der Waals surface area contributed by atoms with E-state index in [-0.39, 0.29) is 11.3 Å². The molecule has 0 N–H and O–H groups in total. The highest BCUT2D eigenvalue weighted by molar-refractivity contribution is 6.22. The van der Waals surface area contributed by atoms with Crippen LogP contribution in [0, 0.1) is 5.82 Å². The molecule has 8 heteroatoms. The summed E-state index contributed by atoms with van der Waals surface area (Å²) in [6, 6.07) is 11.5. The van der Waals surface area contributed by atoms with Gasteiger partial charge in [0, 0.05) is 10.5 Å². The predicted molar refractivity (Wildman–Crippen MR) is 96.5 cm³/mol. The zero-order valence-corrected chi connectivity index (χ0v) is 15.0. The van der Waals surface area contributed by atoms with Crippen LogP contribution in [0.4, 0.5) is 14.9 Å². The average molecular weight is 368 g/mol. The number of carbonyl (C=O) groups is 2. The van der Waals surface area contributed by atoms with E-state index in [1.54, 1.807) is 45.0 Å². The molecule has 1 aliphatic rings. The van der Waals surface area contributed by atoms with Crippen LogP contribution in [0.2, 0.25) is 0 Å². The van der Waals surface area contributed by atoms with E-state index in [1.165, 1.54) is 12.1 Å². The van der Waals surface area contributed by atoms with Gasteiger partial charge in [-0.25, -0.2) is 14.1 Å². The second kappa shape index (κ2) is 6.41. The van der Waals surface area contributed by atoms with Gasteiger partial charge < -0.3 is 4.74 Å². The van der Waals surface area contributed by atoms with E-state index in [2.05, 4.69) is 10.0 Å². The minimum absolute atomic E-state index is 0.255. The number of benzene rings is 2. The lowest BCUT2D eigenvalue weighted by Gasteiger charge is -2.26. The fourth-order valence-electron chi connectivity index (χ4n) is 3.04. The maximum Gasteiger partial charge on any atom is 0.421 e. The fourth-order valence-corrected chi connectivity index (χ4v) is 3.04. The first-order valence-electron chi connectivity index (χ1n) is 8.20. The van der Waals surface area contributed by atoms with E-state index in [1.807, 2.05) is 0 Å². The smallest absolute Gasteiger partial charge is 0.421 e. The Balaban J connectivity index is 2.24. The number of carbonyl (C=O) groups excluding carboxylic acids is 2. The molecule has 3 rings (SSSR count). The molecular formula is C19H17FN4O3. The van der Waals surface area contributed by atoms with E-state index >= 15 is 0 Å². The molecule has 0 radical (unpaired) electrons. The van der Waals surface area contributed by atoms with Crippen molar-refractivity contribution < 1.29 is 18.7 Å². The number of anilines is 1. The minimum atomic E-state index is -1.82. The van der Waals surface area contributed by atoms with Crippen LogP contribution in [0.25, 0.3) is 10.4 Å². The molecule has 0 bridgehead atoms. The summed E-state index contributed by atoms with van der Waals surface area (Å²) in [6.45, 7) is 5.04. The van der Waals surface area contributed by atoms with Crippen molar-refractivity contribution in [2.24, 2.45) is 5.11 Å². The molecule has 0 fully saturated rings. The first-order chi connectivity index (χ1) is 12.7.